The molecule has 0 heterocycles. The Balaban J connectivity index is 1.86. The monoisotopic (exact) mass is 389 g/mol. The second kappa shape index (κ2) is 9.53. The molecular formula is C20H27N3O3S. The molecule has 2 rings (SSSR count). The van der Waals surface area contributed by atoms with Crippen LogP contribution in [0.1, 0.15) is 25.0 Å². The number of benzene rings is 2. The normalized spacial score (nSPS) is 12.6. The Morgan fingerprint density at radius 2 is 1.67 bits per heavy atom. The molecule has 0 fully saturated rings. The Bertz CT molecular complexity index is 852. The van der Waals surface area contributed by atoms with Gasteiger partial charge in [-0.2, -0.15) is 0 Å². The topological polar surface area (TPSA) is 101 Å². The molecule has 0 aliphatic heterocycles. The highest BCUT2D eigenvalue weighted by Crippen LogP contribution is 2.16. The van der Waals surface area contributed by atoms with Crippen molar-refractivity contribution in [1.29, 1.82) is 0 Å². The SMILES string of the molecule is CC(C)C(CNC(=O)NCc1cccc(S(N)(=O)=O)c1)Cc1ccccc1. The van der Waals surface area contributed by atoms with E-state index >= 15 is 0 Å². The van der Waals surface area contributed by atoms with Crippen LogP contribution in [0.2, 0.25) is 0 Å². The highest BCUT2D eigenvalue weighted by molar-refractivity contribution is 7.89. The third-order valence-electron chi connectivity index (χ3n) is 4.49. The van der Waals surface area contributed by atoms with Crippen molar-refractivity contribution in [3.8, 4) is 0 Å². The van der Waals surface area contributed by atoms with Gasteiger partial charge in [0.15, 0.2) is 0 Å². The molecule has 27 heavy (non-hydrogen) atoms. The molecule has 146 valence electrons. The highest BCUT2D eigenvalue weighted by atomic mass is 32.2. The minimum absolute atomic E-state index is 0.0324. The summed E-state index contributed by atoms with van der Waals surface area (Å²) in [6, 6.07) is 16.1. The van der Waals surface area contributed by atoms with Crippen LogP contribution in [-0.4, -0.2) is 21.0 Å². The maximum absolute atomic E-state index is 12.1. The van der Waals surface area contributed by atoms with Gasteiger partial charge in [0.25, 0.3) is 0 Å². The molecule has 0 bridgehead atoms. The quantitative estimate of drug-likeness (QED) is 0.647. The minimum atomic E-state index is -3.75. The lowest BCUT2D eigenvalue weighted by molar-refractivity contribution is 0.236. The molecular weight excluding hydrogens is 362 g/mol. The van der Waals surface area contributed by atoms with E-state index in [9.17, 15) is 13.2 Å². The third-order valence-corrected chi connectivity index (χ3v) is 5.40. The van der Waals surface area contributed by atoms with E-state index < -0.39 is 10.0 Å². The van der Waals surface area contributed by atoms with Gasteiger partial charge in [-0.05, 0) is 41.5 Å². The summed E-state index contributed by atoms with van der Waals surface area (Å²) in [5, 5.41) is 10.8. The third kappa shape index (κ3) is 7.03. The zero-order valence-corrected chi connectivity index (χ0v) is 16.5. The second-order valence-electron chi connectivity index (χ2n) is 6.95. The fourth-order valence-electron chi connectivity index (χ4n) is 2.76. The largest absolute Gasteiger partial charge is 0.338 e. The minimum Gasteiger partial charge on any atom is -0.338 e. The Morgan fingerprint density at radius 3 is 2.30 bits per heavy atom. The first-order chi connectivity index (χ1) is 12.8. The Morgan fingerprint density at radius 1 is 1.00 bits per heavy atom. The number of nitrogens with two attached hydrogens (primary N) is 1. The summed E-state index contributed by atoms with van der Waals surface area (Å²) in [7, 11) is -3.75. The Labute approximate surface area is 161 Å². The first-order valence-electron chi connectivity index (χ1n) is 8.93. The summed E-state index contributed by atoms with van der Waals surface area (Å²) >= 11 is 0. The number of primary sulfonamides is 1. The lowest BCUT2D eigenvalue weighted by Gasteiger charge is -2.21. The molecule has 2 aromatic carbocycles. The molecule has 0 aliphatic rings. The van der Waals surface area contributed by atoms with Crippen LogP contribution in [0.5, 0.6) is 0 Å². The fourth-order valence-corrected chi connectivity index (χ4v) is 3.35. The van der Waals surface area contributed by atoms with Gasteiger partial charge in [0, 0.05) is 13.1 Å². The Hall–Kier alpha value is -2.38. The number of sulfonamides is 1. The van der Waals surface area contributed by atoms with Crippen molar-refractivity contribution >= 4 is 16.1 Å². The van der Waals surface area contributed by atoms with Crippen LogP contribution in [0.25, 0.3) is 0 Å². The highest BCUT2D eigenvalue weighted by Gasteiger charge is 2.15. The first-order valence-corrected chi connectivity index (χ1v) is 10.5. The predicted molar refractivity (Wildman–Crippen MR) is 107 cm³/mol. The number of carbonyl (C=O) groups excluding carboxylic acids is 1. The van der Waals surface area contributed by atoms with Crippen LogP contribution in [0.15, 0.2) is 59.5 Å². The van der Waals surface area contributed by atoms with E-state index in [4.69, 9.17) is 5.14 Å². The predicted octanol–water partition coefficient (Wildman–Crippen LogP) is 2.65. The molecule has 0 saturated heterocycles. The summed E-state index contributed by atoms with van der Waals surface area (Å²) in [5.74, 6) is 0.751. The molecule has 1 atom stereocenters. The van der Waals surface area contributed by atoms with Crippen LogP contribution >= 0.6 is 0 Å². The van der Waals surface area contributed by atoms with Gasteiger partial charge in [0.05, 0.1) is 4.90 Å². The van der Waals surface area contributed by atoms with E-state index in [1.807, 2.05) is 18.2 Å². The van der Waals surface area contributed by atoms with Crippen LogP contribution < -0.4 is 15.8 Å². The maximum atomic E-state index is 12.1. The van der Waals surface area contributed by atoms with Gasteiger partial charge in [0.2, 0.25) is 10.0 Å². The first kappa shape index (κ1) is 20.9. The zero-order valence-electron chi connectivity index (χ0n) is 15.7. The lowest BCUT2D eigenvalue weighted by atomic mass is 9.89. The van der Waals surface area contributed by atoms with E-state index in [2.05, 4.69) is 36.6 Å². The van der Waals surface area contributed by atoms with E-state index in [1.54, 1.807) is 12.1 Å². The van der Waals surface area contributed by atoms with Gasteiger partial charge >= 0.3 is 6.03 Å². The van der Waals surface area contributed by atoms with E-state index in [0.717, 1.165) is 6.42 Å². The number of carbonyl (C=O) groups is 1. The molecule has 2 aromatic rings. The molecule has 0 aromatic heterocycles. The average molecular weight is 390 g/mol. The van der Waals surface area contributed by atoms with Gasteiger partial charge in [-0.1, -0.05) is 56.3 Å². The zero-order chi connectivity index (χ0) is 19.9. The second-order valence-corrected chi connectivity index (χ2v) is 8.51. The summed E-state index contributed by atoms with van der Waals surface area (Å²) < 4.78 is 22.8. The molecule has 0 aliphatic carbocycles. The van der Waals surface area contributed by atoms with Crippen LogP contribution in [0.3, 0.4) is 0 Å². The van der Waals surface area contributed by atoms with Crippen molar-refractivity contribution in [2.24, 2.45) is 17.0 Å². The molecule has 0 saturated carbocycles. The number of nitrogens with one attached hydrogen (secondary N) is 2. The molecule has 2 amide bonds. The molecule has 7 heteroatoms. The van der Waals surface area contributed by atoms with Crippen LogP contribution in [0, 0.1) is 11.8 Å². The van der Waals surface area contributed by atoms with Gasteiger partial charge < -0.3 is 10.6 Å². The molecule has 4 N–H and O–H groups in total. The summed E-state index contributed by atoms with van der Waals surface area (Å²) in [4.78, 5) is 12.1. The van der Waals surface area contributed by atoms with Crippen molar-refractivity contribution in [3.63, 3.8) is 0 Å². The molecule has 6 nitrogen and oxygen atoms in total. The standard InChI is InChI=1S/C20H27N3O3S/c1-15(2)18(11-16-7-4-3-5-8-16)14-23-20(24)22-13-17-9-6-10-19(12-17)27(21,25)26/h3-10,12,15,18H,11,13-14H2,1-2H3,(H2,21,25,26)(H2,22,23,24). The van der Waals surface area contributed by atoms with Crippen LogP contribution in [0.4, 0.5) is 4.79 Å². The van der Waals surface area contributed by atoms with E-state index in [-0.39, 0.29) is 17.5 Å². The maximum Gasteiger partial charge on any atom is 0.315 e. The van der Waals surface area contributed by atoms with Crippen molar-refractivity contribution < 1.29 is 13.2 Å². The lowest BCUT2D eigenvalue weighted by Crippen LogP contribution is -2.39. The Kier molecular flexibility index (Phi) is 7.38. The van der Waals surface area contributed by atoms with E-state index in [1.165, 1.54) is 17.7 Å². The summed E-state index contributed by atoms with van der Waals surface area (Å²) in [6.07, 6.45) is 0.898. The number of amides is 2. The molecule has 1 unspecified atom stereocenters. The van der Waals surface area contributed by atoms with Crippen molar-refractivity contribution in [3.05, 3.63) is 65.7 Å². The van der Waals surface area contributed by atoms with E-state index in [0.29, 0.717) is 23.9 Å². The van der Waals surface area contributed by atoms with Gasteiger partial charge in [-0.15, -0.1) is 0 Å². The van der Waals surface area contributed by atoms with Crippen molar-refractivity contribution in [2.45, 2.75) is 31.7 Å². The number of urea groups is 1. The summed E-state index contributed by atoms with van der Waals surface area (Å²) in [6.45, 7) is 5.08. The molecule has 0 radical (unpaired) electrons. The van der Waals surface area contributed by atoms with Gasteiger partial charge in [0.1, 0.15) is 0 Å². The summed E-state index contributed by atoms with van der Waals surface area (Å²) in [5.41, 5.74) is 1.92. The van der Waals surface area contributed by atoms with Crippen LogP contribution in [-0.2, 0) is 23.0 Å². The fraction of sp³-hybridized carbons (Fsp3) is 0.350. The number of hydrogen-bond acceptors (Lipinski definition) is 3. The smallest absolute Gasteiger partial charge is 0.315 e. The number of rotatable bonds is 8. The number of hydrogen-bond donors (Lipinski definition) is 3. The van der Waals surface area contributed by atoms with Crippen molar-refractivity contribution in [2.75, 3.05) is 6.54 Å². The van der Waals surface area contributed by atoms with Crippen molar-refractivity contribution in [1.82, 2.24) is 10.6 Å². The van der Waals surface area contributed by atoms with Gasteiger partial charge in [-0.25, -0.2) is 18.4 Å². The molecule has 0 spiro atoms. The van der Waals surface area contributed by atoms with Gasteiger partial charge in [-0.3, -0.25) is 0 Å². The average Bonchev–Trinajstić information content (AvgIpc) is 2.63.